The minimum Gasteiger partial charge on any atom is -0.477 e. The van der Waals surface area contributed by atoms with Crippen molar-refractivity contribution in [3.8, 4) is 0 Å². The summed E-state index contributed by atoms with van der Waals surface area (Å²) >= 11 is 0. The van der Waals surface area contributed by atoms with Crippen LogP contribution in [0.1, 0.15) is 22.3 Å². The van der Waals surface area contributed by atoms with Crippen LogP contribution in [0.25, 0.3) is 11.3 Å². The highest BCUT2D eigenvalue weighted by molar-refractivity contribution is 5.84. The van der Waals surface area contributed by atoms with Crippen molar-refractivity contribution in [1.82, 2.24) is 0 Å². The van der Waals surface area contributed by atoms with Crippen molar-refractivity contribution in [2.24, 2.45) is 0 Å². The summed E-state index contributed by atoms with van der Waals surface area (Å²) in [4.78, 5) is 0. The van der Waals surface area contributed by atoms with Gasteiger partial charge in [0.05, 0.1) is 0 Å². The minimum atomic E-state index is -0.603. The molecule has 0 amide bonds. The SMILES string of the molecule is C1=C(c2ccccc2)C=C(c2ccccc2)OC1(Cc1ccccc1)c1ccccc1. The van der Waals surface area contributed by atoms with E-state index >= 15 is 0 Å². The van der Waals surface area contributed by atoms with E-state index < -0.39 is 5.60 Å². The van der Waals surface area contributed by atoms with Crippen molar-refractivity contribution in [3.05, 3.63) is 156 Å². The van der Waals surface area contributed by atoms with Gasteiger partial charge in [-0.3, -0.25) is 0 Å². The Morgan fingerprint density at radius 2 is 1.06 bits per heavy atom. The molecule has 0 radical (unpaired) electrons. The summed E-state index contributed by atoms with van der Waals surface area (Å²) < 4.78 is 6.89. The van der Waals surface area contributed by atoms with Gasteiger partial charge < -0.3 is 4.74 Å². The number of allylic oxidation sites excluding steroid dienone is 2. The molecule has 1 aliphatic rings. The summed E-state index contributed by atoms with van der Waals surface area (Å²) in [5, 5.41) is 0. The Labute approximate surface area is 184 Å². The lowest BCUT2D eigenvalue weighted by molar-refractivity contribution is 0.0840. The molecule has 1 nitrogen and oxygen atoms in total. The van der Waals surface area contributed by atoms with Crippen molar-refractivity contribution >= 4 is 11.3 Å². The zero-order chi connectivity index (χ0) is 20.9. The Kier molecular flexibility index (Phi) is 5.24. The van der Waals surface area contributed by atoms with Crippen LogP contribution in [0.2, 0.25) is 0 Å². The summed E-state index contributed by atoms with van der Waals surface area (Å²) in [7, 11) is 0. The standard InChI is InChI=1S/C30H24O/c1-5-13-24(14-6-1)22-30(28-19-11-4-12-20-28)23-27(25-15-7-2-8-16-25)21-29(31-30)26-17-9-3-10-18-26/h1-21,23H,22H2. The molecular weight excluding hydrogens is 376 g/mol. The Balaban J connectivity index is 1.70. The largest absolute Gasteiger partial charge is 0.477 e. The highest BCUT2D eigenvalue weighted by atomic mass is 16.5. The van der Waals surface area contributed by atoms with Gasteiger partial charge in [0.2, 0.25) is 0 Å². The second-order valence-corrected chi connectivity index (χ2v) is 7.86. The number of benzene rings is 4. The molecule has 1 aliphatic heterocycles. The van der Waals surface area contributed by atoms with Crippen molar-refractivity contribution in [2.45, 2.75) is 12.0 Å². The van der Waals surface area contributed by atoms with Crippen LogP contribution in [-0.2, 0) is 16.8 Å². The maximum Gasteiger partial charge on any atom is 0.157 e. The zero-order valence-electron chi connectivity index (χ0n) is 17.3. The van der Waals surface area contributed by atoms with Crippen LogP contribution in [0.3, 0.4) is 0 Å². The van der Waals surface area contributed by atoms with E-state index in [2.05, 4.69) is 127 Å². The fourth-order valence-corrected chi connectivity index (χ4v) is 4.18. The Morgan fingerprint density at radius 3 is 1.68 bits per heavy atom. The van der Waals surface area contributed by atoms with E-state index in [4.69, 9.17) is 4.74 Å². The third-order valence-corrected chi connectivity index (χ3v) is 5.70. The van der Waals surface area contributed by atoms with E-state index in [0.717, 1.165) is 23.3 Å². The van der Waals surface area contributed by atoms with Gasteiger partial charge in [-0.15, -0.1) is 0 Å². The monoisotopic (exact) mass is 400 g/mol. The first kappa shape index (κ1) is 19.1. The molecule has 150 valence electrons. The first-order valence-electron chi connectivity index (χ1n) is 10.7. The molecular formula is C30H24O. The molecule has 1 unspecified atom stereocenters. The average Bonchev–Trinajstić information content (AvgIpc) is 2.86. The van der Waals surface area contributed by atoms with Crippen LogP contribution < -0.4 is 0 Å². The maximum atomic E-state index is 6.89. The van der Waals surface area contributed by atoms with Gasteiger partial charge in [0.25, 0.3) is 0 Å². The molecule has 4 aromatic carbocycles. The predicted octanol–water partition coefficient (Wildman–Crippen LogP) is 7.28. The van der Waals surface area contributed by atoms with E-state index in [1.54, 1.807) is 0 Å². The minimum absolute atomic E-state index is 0.603. The molecule has 0 aliphatic carbocycles. The van der Waals surface area contributed by atoms with Crippen LogP contribution in [0.5, 0.6) is 0 Å². The molecule has 0 saturated heterocycles. The molecule has 0 bridgehead atoms. The van der Waals surface area contributed by atoms with Crippen molar-refractivity contribution in [2.75, 3.05) is 0 Å². The van der Waals surface area contributed by atoms with E-state index in [-0.39, 0.29) is 0 Å². The molecule has 0 N–H and O–H groups in total. The normalized spacial score (nSPS) is 17.9. The lowest BCUT2D eigenvalue weighted by Gasteiger charge is -2.37. The number of hydrogen-bond donors (Lipinski definition) is 0. The van der Waals surface area contributed by atoms with E-state index in [9.17, 15) is 0 Å². The third-order valence-electron chi connectivity index (χ3n) is 5.70. The number of rotatable bonds is 5. The van der Waals surface area contributed by atoms with Crippen LogP contribution >= 0.6 is 0 Å². The Hall–Kier alpha value is -3.84. The highest BCUT2D eigenvalue weighted by Crippen LogP contribution is 2.43. The van der Waals surface area contributed by atoms with Gasteiger partial charge in [0.1, 0.15) is 5.76 Å². The molecule has 1 heteroatoms. The van der Waals surface area contributed by atoms with Gasteiger partial charge in [-0.05, 0) is 34.4 Å². The van der Waals surface area contributed by atoms with Gasteiger partial charge >= 0.3 is 0 Å². The lowest BCUT2D eigenvalue weighted by atomic mass is 9.82. The first-order chi connectivity index (χ1) is 15.3. The Bertz CT molecular complexity index is 1190. The van der Waals surface area contributed by atoms with Crippen molar-refractivity contribution in [3.63, 3.8) is 0 Å². The third kappa shape index (κ3) is 4.08. The molecule has 4 aromatic rings. The summed E-state index contributed by atoms with van der Waals surface area (Å²) in [6.07, 6.45) is 5.20. The smallest absolute Gasteiger partial charge is 0.157 e. The van der Waals surface area contributed by atoms with E-state index in [1.807, 2.05) is 6.07 Å². The molecule has 31 heavy (non-hydrogen) atoms. The summed E-state index contributed by atoms with van der Waals surface area (Å²) in [5.41, 5.74) is 5.22. The second kappa shape index (κ2) is 8.49. The summed E-state index contributed by atoms with van der Waals surface area (Å²) in [5.74, 6) is 0.890. The summed E-state index contributed by atoms with van der Waals surface area (Å²) in [6, 6.07) is 42.0. The van der Waals surface area contributed by atoms with Gasteiger partial charge in [0, 0.05) is 12.0 Å². The maximum absolute atomic E-state index is 6.89. The fourth-order valence-electron chi connectivity index (χ4n) is 4.18. The molecule has 5 rings (SSSR count). The van der Waals surface area contributed by atoms with Crippen LogP contribution in [0, 0.1) is 0 Å². The van der Waals surface area contributed by atoms with Gasteiger partial charge in [0.15, 0.2) is 5.60 Å². The number of ether oxygens (including phenoxy) is 1. The van der Waals surface area contributed by atoms with E-state index in [1.165, 1.54) is 16.7 Å². The van der Waals surface area contributed by atoms with E-state index in [0.29, 0.717) is 0 Å². The summed E-state index contributed by atoms with van der Waals surface area (Å²) in [6.45, 7) is 0. The van der Waals surface area contributed by atoms with Crippen LogP contribution in [0.4, 0.5) is 0 Å². The van der Waals surface area contributed by atoms with Gasteiger partial charge in [-0.25, -0.2) is 0 Å². The molecule has 1 heterocycles. The zero-order valence-corrected chi connectivity index (χ0v) is 17.3. The van der Waals surface area contributed by atoms with Crippen LogP contribution in [-0.4, -0.2) is 0 Å². The van der Waals surface area contributed by atoms with Crippen molar-refractivity contribution in [1.29, 1.82) is 0 Å². The van der Waals surface area contributed by atoms with Gasteiger partial charge in [-0.1, -0.05) is 121 Å². The second-order valence-electron chi connectivity index (χ2n) is 7.86. The average molecular weight is 401 g/mol. The Morgan fingerprint density at radius 1 is 0.548 bits per heavy atom. The molecule has 1 atom stereocenters. The molecule has 0 fully saturated rings. The first-order valence-corrected chi connectivity index (χ1v) is 10.7. The topological polar surface area (TPSA) is 9.23 Å². The predicted molar refractivity (Wildman–Crippen MR) is 128 cm³/mol. The molecule has 0 aromatic heterocycles. The highest BCUT2D eigenvalue weighted by Gasteiger charge is 2.36. The van der Waals surface area contributed by atoms with Crippen LogP contribution in [0.15, 0.2) is 133 Å². The lowest BCUT2D eigenvalue weighted by Crippen LogP contribution is -2.32. The molecule has 0 saturated carbocycles. The van der Waals surface area contributed by atoms with Crippen molar-refractivity contribution < 1.29 is 4.74 Å². The number of hydrogen-bond acceptors (Lipinski definition) is 1. The fraction of sp³-hybridized carbons (Fsp3) is 0.0667. The molecule has 0 spiro atoms. The quantitative estimate of drug-likeness (QED) is 0.342. The van der Waals surface area contributed by atoms with Gasteiger partial charge in [-0.2, -0.15) is 0 Å².